The van der Waals surface area contributed by atoms with Crippen LogP contribution in [-0.2, 0) is 0 Å². The Morgan fingerprint density at radius 3 is 2.84 bits per heavy atom. The van der Waals surface area contributed by atoms with E-state index in [1.807, 2.05) is 53.9 Å². The number of para-hydroxylation sites is 1. The molecule has 1 aromatic carbocycles. The van der Waals surface area contributed by atoms with Crippen molar-refractivity contribution in [3.8, 4) is 6.07 Å². The Kier molecular flexibility index (Phi) is 3.09. The molecule has 0 N–H and O–H groups in total. The summed E-state index contributed by atoms with van der Waals surface area (Å²) in [5.41, 5.74) is 2.65. The maximum absolute atomic E-state index is 9.30. The summed E-state index contributed by atoms with van der Waals surface area (Å²) in [6.45, 7) is 0. The van der Waals surface area contributed by atoms with Crippen molar-refractivity contribution >= 4 is 33.9 Å². The van der Waals surface area contributed by atoms with Gasteiger partial charge in [-0.15, -0.1) is 11.3 Å². The monoisotopic (exact) mass is 262 g/mol. The van der Waals surface area contributed by atoms with Gasteiger partial charge in [0.15, 0.2) is 0 Å². The second kappa shape index (κ2) is 5.05. The first-order valence-electron chi connectivity index (χ1n) is 5.88. The molecule has 0 saturated carbocycles. The van der Waals surface area contributed by atoms with E-state index in [1.54, 1.807) is 17.5 Å². The van der Waals surface area contributed by atoms with E-state index < -0.39 is 0 Å². The molecule has 0 aliphatic heterocycles. The number of hydrogen-bond acceptors (Lipinski definition) is 3. The van der Waals surface area contributed by atoms with Crippen LogP contribution in [-0.4, -0.2) is 4.98 Å². The number of hydrogen-bond donors (Lipinski definition) is 0. The fourth-order valence-corrected chi connectivity index (χ4v) is 2.68. The molecule has 2 heterocycles. The second-order valence-corrected chi connectivity index (χ2v) is 5.01. The maximum atomic E-state index is 9.30. The Bertz CT molecular complexity index is 775. The van der Waals surface area contributed by atoms with Gasteiger partial charge in [-0.2, -0.15) is 5.26 Å². The Labute approximate surface area is 115 Å². The van der Waals surface area contributed by atoms with Gasteiger partial charge in [-0.25, -0.2) is 0 Å². The smallest absolute Gasteiger partial charge is 0.101 e. The molecule has 0 saturated heterocycles. The summed E-state index contributed by atoms with van der Waals surface area (Å²) in [5.74, 6) is 0. The van der Waals surface area contributed by atoms with Crippen molar-refractivity contribution in [3.63, 3.8) is 0 Å². The quantitative estimate of drug-likeness (QED) is 0.643. The minimum atomic E-state index is 0.686. The van der Waals surface area contributed by atoms with Gasteiger partial charge in [-0.3, -0.25) is 4.98 Å². The predicted molar refractivity (Wildman–Crippen MR) is 79.5 cm³/mol. The van der Waals surface area contributed by atoms with E-state index in [4.69, 9.17) is 0 Å². The number of nitrogens with zero attached hydrogens (tertiary/aromatic N) is 2. The molecule has 0 fully saturated rings. The lowest BCUT2D eigenvalue weighted by Crippen LogP contribution is -1.83. The molecule has 0 amide bonds. The van der Waals surface area contributed by atoms with Gasteiger partial charge in [0.05, 0.1) is 11.1 Å². The van der Waals surface area contributed by atoms with Crippen molar-refractivity contribution in [1.29, 1.82) is 5.26 Å². The van der Waals surface area contributed by atoms with Gasteiger partial charge in [0, 0.05) is 16.5 Å². The highest BCUT2D eigenvalue weighted by Crippen LogP contribution is 2.25. The zero-order chi connectivity index (χ0) is 13.1. The highest BCUT2D eigenvalue weighted by atomic mass is 32.1. The number of nitriles is 1. The number of allylic oxidation sites excluding steroid dienone is 1. The molecule has 0 unspecified atom stereocenters. The van der Waals surface area contributed by atoms with E-state index in [9.17, 15) is 5.26 Å². The summed E-state index contributed by atoms with van der Waals surface area (Å²) < 4.78 is 0. The second-order valence-electron chi connectivity index (χ2n) is 4.06. The average molecular weight is 262 g/mol. The number of fused-ring (bicyclic) bond motifs is 1. The fourth-order valence-electron chi connectivity index (χ4n) is 1.99. The van der Waals surface area contributed by atoms with Gasteiger partial charge >= 0.3 is 0 Å². The Balaban J connectivity index is 2.18. The molecule has 3 aromatic rings. The Morgan fingerprint density at radius 1 is 1.16 bits per heavy atom. The molecule has 0 radical (unpaired) electrons. The third kappa shape index (κ3) is 2.26. The number of pyridine rings is 1. The molecule has 2 aromatic heterocycles. The third-order valence-electron chi connectivity index (χ3n) is 2.89. The highest BCUT2D eigenvalue weighted by molar-refractivity contribution is 7.11. The van der Waals surface area contributed by atoms with E-state index in [0.717, 1.165) is 21.3 Å². The van der Waals surface area contributed by atoms with Gasteiger partial charge in [0.2, 0.25) is 0 Å². The molecule has 3 rings (SSSR count). The lowest BCUT2D eigenvalue weighted by molar-refractivity contribution is 1.41. The zero-order valence-electron chi connectivity index (χ0n) is 10.1. The lowest BCUT2D eigenvalue weighted by Gasteiger charge is -2.02. The first kappa shape index (κ1) is 11.6. The molecular weight excluding hydrogens is 252 g/mol. The van der Waals surface area contributed by atoms with Crippen molar-refractivity contribution in [2.24, 2.45) is 0 Å². The van der Waals surface area contributed by atoms with Crippen LogP contribution in [0.2, 0.25) is 0 Å². The van der Waals surface area contributed by atoms with Crippen LogP contribution in [0.4, 0.5) is 0 Å². The summed E-state index contributed by atoms with van der Waals surface area (Å²) in [4.78, 5) is 5.32. The first-order chi connectivity index (χ1) is 9.38. The molecule has 0 atom stereocenters. The van der Waals surface area contributed by atoms with Crippen molar-refractivity contribution in [3.05, 3.63) is 64.5 Å². The summed E-state index contributed by atoms with van der Waals surface area (Å²) in [6, 6.07) is 16.1. The van der Waals surface area contributed by atoms with Gasteiger partial charge < -0.3 is 0 Å². The molecule has 3 heteroatoms. The van der Waals surface area contributed by atoms with Gasteiger partial charge in [0.25, 0.3) is 0 Å². The van der Waals surface area contributed by atoms with E-state index >= 15 is 0 Å². The third-order valence-corrected chi connectivity index (χ3v) is 3.79. The minimum absolute atomic E-state index is 0.686. The van der Waals surface area contributed by atoms with Crippen LogP contribution < -0.4 is 0 Å². The van der Waals surface area contributed by atoms with Crippen LogP contribution in [0.5, 0.6) is 0 Å². The van der Waals surface area contributed by atoms with E-state index in [-0.39, 0.29) is 0 Å². The number of aromatic nitrogens is 1. The Hall–Kier alpha value is -2.44. The summed E-state index contributed by atoms with van der Waals surface area (Å²) in [5, 5.41) is 12.3. The summed E-state index contributed by atoms with van der Waals surface area (Å²) >= 11 is 1.57. The largest absolute Gasteiger partial charge is 0.256 e. The molecule has 0 aliphatic rings. The zero-order valence-corrected chi connectivity index (χ0v) is 10.9. The predicted octanol–water partition coefficient (Wildman–Crippen LogP) is 4.36. The molecular formula is C16H10N2S. The normalized spacial score (nSPS) is 11.4. The van der Waals surface area contributed by atoms with Crippen LogP contribution in [0.15, 0.2) is 54.0 Å². The van der Waals surface area contributed by atoms with Crippen LogP contribution in [0.25, 0.3) is 22.6 Å². The molecule has 0 bridgehead atoms. The van der Waals surface area contributed by atoms with E-state index in [1.165, 1.54) is 0 Å². The Morgan fingerprint density at radius 2 is 2.05 bits per heavy atom. The van der Waals surface area contributed by atoms with Crippen molar-refractivity contribution in [1.82, 2.24) is 4.98 Å². The van der Waals surface area contributed by atoms with Crippen molar-refractivity contribution in [2.45, 2.75) is 0 Å². The van der Waals surface area contributed by atoms with Gasteiger partial charge in [-0.1, -0.05) is 24.3 Å². The van der Waals surface area contributed by atoms with Crippen molar-refractivity contribution < 1.29 is 0 Å². The van der Waals surface area contributed by atoms with E-state index in [0.29, 0.717) is 5.57 Å². The van der Waals surface area contributed by atoms with E-state index in [2.05, 4.69) is 11.1 Å². The number of thiophene rings is 1. The topological polar surface area (TPSA) is 36.7 Å². The minimum Gasteiger partial charge on any atom is -0.256 e. The highest BCUT2D eigenvalue weighted by Gasteiger charge is 2.04. The SMILES string of the molecule is N#C/C(=C\c1ccnc2ccccc12)c1cccs1. The molecule has 2 nitrogen and oxygen atoms in total. The number of benzene rings is 1. The average Bonchev–Trinajstić information content (AvgIpc) is 2.99. The van der Waals surface area contributed by atoms with Crippen LogP contribution in [0.3, 0.4) is 0 Å². The molecule has 0 spiro atoms. The number of rotatable bonds is 2. The maximum Gasteiger partial charge on any atom is 0.101 e. The lowest BCUT2D eigenvalue weighted by atomic mass is 10.1. The first-order valence-corrected chi connectivity index (χ1v) is 6.76. The van der Waals surface area contributed by atoms with Crippen LogP contribution in [0, 0.1) is 11.3 Å². The molecule has 0 aliphatic carbocycles. The van der Waals surface area contributed by atoms with Crippen LogP contribution in [0.1, 0.15) is 10.4 Å². The van der Waals surface area contributed by atoms with Gasteiger partial charge in [-0.05, 0) is 35.2 Å². The fraction of sp³-hybridized carbons (Fsp3) is 0. The summed E-state index contributed by atoms with van der Waals surface area (Å²) in [6.07, 6.45) is 3.70. The van der Waals surface area contributed by atoms with Gasteiger partial charge in [0.1, 0.15) is 6.07 Å². The molecule has 19 heavy (non-hydrogen) atoms. The van der Waals surface area contributed by atoms with Crippen LogP contribution >= 0.6 is 11.3 Å². The summed E-state index contributed by atoms with van der Waals surface area (Å²) in [7, 11) is 0. The standard InChI is InChI=1S/C16H10N2S/c17-11-13(16-6-3-9-19-16)10-12-7-8-18-15-5-2-1-4-14(12)15/h1-10H/b13-10+. The van der Waals surface area contributed by atoms with Crippen molar-refractivity contribution in [2.75, 3.05) is 0 Å². The molecule has 90 valence electrons.